The van der Waals surface area contributed by atoms with Gasteiger partial charge in [0.25, 0.3) is 0 Å². The summed E-state index contributed by atoms with van der Waals surface area (Å²) in [5.41, 5.74) is 3.12. The molecule has 1 N–H and O–H groups in total. The molecule has 1 atom stereocenters. The van der Waals surface area contributed by atoms with E-state index in [0.29, 0.717) is 6.54 Å². The lowest BCUT2D eigenvalue weighted by atomic mass is 9.95. The molecule has 1 fully saturated rings. The molecule has 0 saturated carbocycles. The normalized spacial score (nSPS) is 15.7. The first-order chi connectivity index (χ1) is 14.7. The molecule has 1 aromatic heterocycles. The van der Waals surface area contributed by atoms with E-state index < -0.39 is 0 Å². The maximum absolute atomic E-state index is 13.2. The minimum atomic E-state index is -0.0698. The number of nitrogens with zero attached hydrogens (tertiary/aromatic N) is 3. The lowest BCUT2D eigenvalue weighted by Crippen LogP contribution is -2.38. The van der Waals surface area contributed by atoms with Gasteiger partial charge < -0.3 is 9.80 Å². The Hall–Kier alpha value is -2.79. The predicted octanol–water partition coefficient (Wildman–Crippen LogP) is 4.96. The summed E-state index contributed by atoms with van der Waals surface area (Å²) in [5.74, 6) is 1.08. The second-order valence-electron chi connectivity index (χ2n) is 7.68. The zero-order valence-corrected chi connectivity index (χ0v) is 18.0. The fourth-order valence-corrected chi connectivity index (χ4v) is 4.20. The number of rotatable bonds is 5. The van der Waals surface area contributed by atoms with Gasteiger partial charge in [0.05, 0.1) is 11.6 Å². The van der Waals surface area contributed by atoms with Crippen LogP contribution in [0.15, 0.2) is 60.7 Å². The third kappa shape index (κ3) is 4.51. The van der Waals surface area contributed by atoms with Crippen molar-refractivity contribution in [1.29, 1.82) is 0 Å². The minimum Gasteiger partial charge on any atom is -0.353 e. The van der Waals surface area contributed by atoms with Gasteiger partial charge in [-0.3, -0.25) is 9.89 Å². The topological polar surface area (TPSA) is 52.2 Å². The standard InChI is InChI=1S/C24H27ClN4O/c1-2-21(18-7-4-3-5-8-18)24(30)29-14-6-13-28(15-16-29)23-17-22(26-27-23)19-9-11-20(25)12-10-19/h3-5,7-12,17,21H,2,6,13-16H2,1H3,(H,26,27). The van der Waals surface area contributed by atoms with Crippen LogP contribution in [0.25, 0.3) is 11.3 Å². The van der Waals surface area contributed by atoms with Gasteiger partial charge in [0.15, 0.2) is 5.82 Å². The average molecular weight is 423 g/mol. The lowest BCUT2D eigenvalue weighted by molar-refractivity contribution is -0.132. The summed E-state index contributed by atoms with van der Waals surface area (Å²) in [6.07, 6.45) is 1.74. The zero-order chi connectivity index (χ0) is 20.9. The van der Waals surface area contributed by atoms with Gasteiger partial charge in [-0.15, -0.1) is 0 Å². The van der Waals surface area contributed by atoms with Crippen molar-refractivity contribution in [3.05, 3.63) is 71.2 Å². The highest BCUT2D eigenvalue weighted by atomic mass is 35.5. The van der Waals surface area contributed by atoms with Crippen LogP contribution in [0.1, 0.15) is 31.2 Å². The molecule has 0 spiro atoms. The van der Waals surface area contributed by atoms with E-state index in [1.165, 1.54) is 0 Å². The van der Waals surface area contributed by atoms with Crippen molar-refractivity contribution in [3.63, 3.8) is 0 Å². The first-order valence-electron chi connectivity index (χ1n) is 10.6. The lowest BCUT2D eigenvalue weighted by Gasteiger charge is -2.26. The van der Waals surface area contributed by atoms with E-state index in [1.807, 2.05) is 47.4 Å². The Bertz CT molecular complexity index is 970. The Morgan fingerprint density at radius 1 is 1.07 bits per heavy atom. The number of hydrogen-bond acceptors (Lipinski definition) is 3. The van der Waals surface area contributed by atoms with Crippen molar-refractivity contribution >= 4 is 23.3 Å². The van der Waals surface area contributed by atoms with Crippen LogP contribution in [0.3, 0.4) is 0 Å². The van der Waals surface area contributed by atoms with Crippen LogP contribution < -0.4 is 4.90 Å². The number of hydrogen-bond donors (Lipinski definition) is 1. The van der Waals surface area contributed by atoms with Crippen LogP contribution in [-0.4, -0.2) is 47.2 Å². The number of aromatic nitrogens is 2. The summed E-state index contributed by atoms with van der Waals surface area (Å²) in [5, 5.41) is 8.36. The predicted molar refractivity (Wildman–Crippen MR) is 122 cm³/mol. The molecule has 156 valence electrons. The molecule has 3 aromatic rings. The molecular weight excluding hydrogens is 396 g/mol. The van der Waals surface area contributed by atoms with Crippen molar-refractivity contribution in [1.82, 2.24) is 15.1 Å². The van der Waals surface area contributed by atoms with Gasteiger partial charge in [-0.2, -0.15) is 5.10 Å². The maximum Gasteiger partial charge on any atom is 0.230 e. The molecule has 2 aromatic carbocycles. The first-order valence-corrected chi connectivity index (χ1v) is 10.9. The number of benzene rings is 2. The van der Waals surface area contributed by atoms with Gasteiger partial charge in [0.1, 0.15) is 0 Å². The second-order valence-corrected chi connectivity index (χ2v) is 8.12. The Kier molecular flexibility index (Phi) is 6.38. The molecule has 5 nitrogen and oxygen atoms in total. The molecule has 4 rings (SSSR count). The minimum absolute atomic E-state index is 0.0698. The fourth-order valence-electron chi connectivity index (χ4n) is 4.08. The number of H-pyrrole nitrogens is 1. The van der Waals surface area contributed by atoms with E-state index in [2.05, 4.69) is 40.2 Å². The van der Waals surface area contributed by atoms with Gasteiger partial charge in [0.2, 0.25) is 5.91 Å². The highest BCUT2D eigenvalue weighted by molar-refractivity contribution is 6.30. The molecule has 2 heterocycles. The van der Waals surface area contributed by atoms with Gasteiger partial charge >= 0.3 is 0 Å². The van der Waals surface area contributed by atoms with E-state index in [4.69, 9.17) is 11.6 Å². The average Bonchev–Trinajstić information content (AvgIpc) is 3.13. The molecule has 1 amide bonds. The molecule has 0 aliphatic carbocycles. The number of anilines is 1. The molecule has 0 bridgehead atoms. The van der Waals surface area contributed by atoms with Crippen LogP contribution >= 0.6 is 11.6 Å². The fraction of sp³-hybridized carbons (Fsp3) is 0.333. The van der Waals surface area contributed by atoms with E-state index >= 15 is 0 Å². The molecule has 6 heteroatoms. The Morgan fingerprint density at radius 2 is 1.83 bits per heavy atom. The monoisotopic (exact) mass is 422 g/mol. The van der Waals surface area contributed by atoms with E-state index in [-0.39, 0.29) is 11.8 Å². The van der Waals surface area contributed by atoms with Crippen molar-refractivity contribution in [3.8, 4) is 11.3 Å². The molecule has 1 aliphatic heterocycles. The molecule has 1 aliphatic rings. The number of amides is 1. The SMILES string of the molecule is CCC(C(=O)N1CCCN(c2cc(-c3ccc(Cl)cc3)[nH]n2)CC1)c1ccccc1. The Morgan fingerprint density at radius 3 is 2.57 bits per heavy atom. The molecule has 30 heavy (non-hydrogen) atoms. The van der Waals surface area contributed by atoms with Gasteiger partial charge in [-0.1, -0.05) is 61.0 Å². The first kappa shape index (κ1) is 20.5. The van der Waals surface area contributed by atoms with Crippen molar-refractivity contribution in [2.75, 3.05) is 31.1 Å². The highest BCUT2D eigenvalue weighted by Crippen LogP contribution is 2.26. The number of nitrogens with one attached hydrogen (secondary N) is 1. The summed E-state index contributed by atoms with van der Waals surface area (Å²) >= 11 is 5.99. The summed E-state index contributed by atoms with van der Waals surface area (Å²) in [7, 11) is 0. The Labute approximate surface area is 182 Å². The van der Waals surface area contributed by atoms with Crippen molar-refractivity contribution < 1.29 is 4.79 Å². The Balaban J connectivity index is 1.43. The van der Waals surface area contributed by atoms with E-state index in [9.17, 15) is 4.79 Å². The van der Waals surface area contributed by atoms with Crippen LogP contribution in [-0.2, 0) is 4.79 Å². The molecule has 0 radical (unpaired) electrons. The van der Waals surface area contributed by atoms with Crippen LogP contribution in [0.2, 0.25) is 5.02 Å². The van der Waals surface area contributed by atoms with Crippen molar-refractivity contribution in [2.45, 2.75) is 25.7 Å². The quantitative estimate of drug-likeness (QED) is 0.632. The number of halogens is 1. The zero-order valence-electron chi connectivity index (χ0n) is 17.2. The highest BCUT2D eigenvalue weighted by Gasteiger charge is 2.26. The second kappa shape index (κ2) is 9.35. The summed E-state index contributed by atoms with van der Waals surface area (Å²) < 4.78 is 0. The van der Waals surface area contributed by atoms with Gasteiger partial charge in [-0.25, -0.2) is 0 Å². The number of carbonyl (C=O) groups excluding carboxylic acids is 1. The van der Waals surface area contributed by atoms with Crippen LogP contribution in [0.5, 0.6) is 0 Å². The van der Waals surface area contributed by atoms with E-state index in [0.717, 1.165) is 60.1 Å². The number of carbonyl (C=O) groups is 1. The summed E-state index contributed by atoms with van der Waals surface area (Å²) in [4.78, 5) is 17.5. The third-order valence-electron chi connectivity index (χ3n) is 5.76. The van der Waals surface area contributed by atoms with Crippen LogP contribution in [0.4, 0.5) is 5.82 Å². The summed E-state index contributed by atoms with van der Waals surface area (Å²) in [6.45, 7) is 5.25. The smallest absolute Gasteiger partial charge is 0.230 e. The van der Waals surface area contributed by atoms with Gasteiger partial charge in [-0.05, 0) is 36.1 Å². The number of aromatic amines is 1. The molecule has 1 unspecified atom stereocenters. The largest absolute Gasteiger partial charge is 0.353 e. The third-order valence-corrected chi connectivity index (χ3v) is 6.01. The van der Waals surface area contributed by atoms with Gasteiger partial charge in [0, 0.05) is 37.3 Å². The maximum atomic E-state index is 13.2. The molecular formula is C24H27ClN4O. The summed E-state index contributed by atoms with van der Waals surface area (Å²) in [6, 6.07) is 19.9. The van der Waals surface area contributed by atoms with Crippen molar-refractivity contribution in [2.24, 2.45) is 0 Å². The van der Waals surface area contributed by atoms with E-state index in [1.54, 1.807) is 0 Å². The van der Waals surface area contributed by atoms with Crippen LogP contribution in [0, 0.1) is 0 Å². The molecule has 1 saturated heterocycles.